The molecule has 2 heterocycles. The molecule has 1 aliphatic rings. The van der Waals surface area contributed by atoms with Crippen molar-refractivity contribution in [3.8, 4) is 0 Å². The molecular formula is C18H32N4O2S2. The fourth-order valence-electron chi connectivity index (χ4n) is 2.78. The predicted octanol–water partition coefficient (Wildman–Crippen LogP) is 2.46. The third-order valence-corrected chi connectivity index (χ3v) is 8.03. The molecule has 148 valence electrons. The second-order valence-electron chi connectivity index (χ2n) is 8.36. The maximum Gasteiger partial charge on any atom is 0.194 e. The molecule has 0 spiro atoms. The van der Waals surface area contributed by atoms with Crippen LogP contribution in [-0.2, 0) is 21.7 Å². The van der Waals surface area contributed by atoms with Crippen molar-refractivity contribution in [3.63, 3.8) is 0 Å². The Balaban J connectivity index is 2.04. The van der Waals surface area contributed by atoms with E-state index >= 15 is 0 Å². The number of thiazole rings is 1. The van der Waals surface area contributed by atoms with Gasteiger partial charge in [0, 0.05) is 43.4 Å². The Hall–Kier alpha value is -1.15. The van der Waals surface area contributed by atoms with Crippen LogP contribution in [0, 0.1) is 0 Å². The van der Waals surface area contributed by atoms with Crippen LogP contribution in [-0.4, -0.2) is 60.9 Å². The lowest BCUT2D eigenvalue weighted by Crippen LogP contribution is -2.57. The van der Waals surface area contributed by atoms with Gasteiger partial charge in [-0.3, -0.25) is 4.99 Å². The Morgan fingerprint density at radius 1 is 1.42 bits per heavy atom. The van der Waals surface area contributed by atoms with Gasteiger partial charge in [0.15, 0.2) is 15.8 Å². The molecule has 0 saturated carbocycles. The molecule has 0 aromatic carbocycles. The summed E-state index contributed by atoms with van der Waals surface area (Å²) in [4.78, 5) is 11.5. The van der Waals surface area contributed by atoms with Crippen LogP contribution in [0.4, 0.5) is 0 Å². The summed E-state index contributed by atoms with van der Waals surface area (Å²) in [5.41, 5.74) is 1.19. The van der Waals surface area contributed by atoms with Crippen molar-refractivity contribution in [1.29, 1.82) is 0 Å². The first kappa shape index (κ1) is 21.2. The average Bonchev–Trinajstić information content (AvgIpc) is 2.98. The summed E-state index contributed by atoms with van der Waals surface area (Å²) in [5, 5.41) is 6.52. The van der Waals surface area contributed by atoms with Crippen LogP contribution in [0.15, 0.2) is 10.4 Å². The van der Waals surface area contributed by atoms with Gasteiger partial charge in [-0.2, -0.15) is 0 Å². The van der Waals surface area contributed by atoms with E-state index in [2.05, 4.69) is 36.4 Å². The molecule has 1 N–H and O–H groups in total. The van der Waals surface area contributed by atoms with E-state index in [9.17, 15) is 8.42 Å². The topological polar surface area (TPSA) is 74.7 Å². The molecule has 0 atom stereocenters. The third-order valence-electron chi connectivity index (χ3n) is 4.59. The number of hydrogen-bond donors (Lipinski definition) is 1. The van der Waals surface area contributed by atoms with Crippen molar-refractivity contribution < 1.29 is 8.42 Å². The molecule has 8 heteroatoms. The SMILES string of the molecule is CCNC(=NCCc1nc(C(C)(C)C)cs1)N1CCS(=O)(=O)C(C)(C)C1. The van der Waals surface area contributed by atoms with Crippen molar-refractivity contribution >= 4 is 27.1 Å². The van der Waals surface area contributed by atoms with Gasteiger partial charge in [-0.25, -0.2) is 13.4 Å². The van der Waals surface area contributed by atoms with Crippen LogP contribution < -0.4 is 5.32 Å². The Morgan fingerprint density at radius 2 is 2.12 bits per heavy atom. The number of hydrogen-bond acceptors (Lipinski definition) is 5. The number of guanidine groups is 1. The zero-order valence-electron chi connectivity index (χ0n) is 16.8. The van der Waals surface area contributed by atoms with Gasteiger partial charge in [-0.05, 0) is 20.8 Å². The minimum atomic E-state index is -3.05. The Morgan fingerprint density at radius 3 is 2.65 bits per heavy atom. The molecule has 6 nitrogen and oxygen atoms in total. The van der Waals surface area contributed by atoms with Gasteiger partial charge < -0.3 is 10.2 Å². The van der Waals surface area contributed by atoms with E-state index in [1.54, 1.807) is 25.2 Å². The molecule has 1 aromatic rings. The zero-order chi connectivity index (χ0) is 19.6. The van der Waals surface area contributed by atoms with Crippen LogP contribution in [0.3, 0.4) is 0 Å². The molecule has 26 heavy (non-hydrogen) atoms. The van der Waals surface area contributed by atoms with Crippen LogP contribution in [0.1, 0.15) is 52.2 Å². The summed E-state index contributed by atoms with van der Waals surface area (Å²) in [6.07, 6.45) is 0.797. The molecule has 0 aliphatic carbocycles. The largest absolute Gasteiger partial charge is 0.357 e. The Labute approximate surface area is 162 Å². The first-order chi connectivity index (χ1) is 12.0. The van der Waals surface area contributed by atoms with Crippen molar-refractivity contribution in [1.82, 2.24) is 15.2 Å². The van der Waals surface area contributed by atoms with Gasteiger partial charge in [0.25, 0.3) is 0 Å². The lowest BCUT2D eigenvalue weighted by atomic mass is 9.93. The minimum absolute atomic E-state index is 0.0673. The molecule has 1 aromatic heterocycles. The highest BCUT2D eigenvalue weighted by atomic mass is 32.2. The Kier molecular flexibility index (Phi) is 6.38. The molecule has 1 fully saturated rings. The normalized spacial score (nSPS) is 20.2. The van der Waals surface area contributed by atoms with E-state index in [1.165, 1.54) is 0 Å². The highest BCUT2D eigenvalue weighted by molar-refractivity contribution is 7.92. The highest BCUT2D eigenvalue weighted by Gasteiger charge is 2.40. The summed E-state index contributed by atoms with van der Waals surface area (Å²) < 4.78 is 23.7. The van der Waals surface area contributed by atoms with Crippen molar-refractivity contribution in [3.05, 3.63) is 16.1 Å². The molecule has 0 bridgehead atoms. The summed E-state index contributed by atoms with van der Waals surface area (Å²) in [5.74, 6) is 0.967. The predicted molar refractivity (Wildman–Crippen MR) is 110 cm³/mol. The van der Waals surface area contributed by atoms with E-state index < -0.39 is 14.6 Å². The van der Waals surface area contributed by atoms with Crippen LogP contribution >= 0.6 is 11.3 Å². The smallest absolute Gasteiger partial charge is 0.194 e. The lowest BCUT2D eigenvalue weighted by Gasteiger charge is -2.39. The van der Waals surface area contributed by atoms with E-state index in [0.29, 0.717) is 19.6 Å². The fourth-order valence-corrected chi connectivity index (χ4v) is 5.16. The van der Waals surface area contributed by atoms with Gasteiger partial charge in [-0.1, -0.05) is 20.8 Å². The van der Waals surface area contributed by atoms with Gasteiger partial charge >= 0.3 is 0 Å². The summed E-state index contributed by atoms with van der Waals surface area (Å²) >= 11 is 1.68. The number of nitrogens with one attached hydrogen (secondary N) is 1. The zero-order valence-corrected chi connectivity index (χ0v) is 18.4. The summed E-state index contributed by atoms with van der Waals surface area (Å²) in [6, 6.07) is 0. The van der Waals surface area contributed by atoms with Crippen molar-refractivity contribution in [2.45, 2.75) is 58.1 Å². The molecule has 1 aliphatic heterocycles. The fraction of sp³-hybridized carbons (Fsp3) is 0.778. The number of rotatable bonds is 4. The Bertz CT molecular complexity index is 745. The van der Waals surface area contributed by atoms with E-state index in [1.807, 2.05) is 6.92 Å². The number of nitrogens with zero attached hydrogens (tertiary/aromatic N) is 3. The third kappa shape index (κ3) is 4.97. The molecule has 0 amide bonds. The van der Waals surface area contributed by atoms with E-state index in [-0.39, 0.29) is 11.2 Å². The minimum Gasteiger partial charge on any atom is -0.357 e. The number of aromatic nitrogens is 1. The van der Waals surface area contributed by atoms with Gasteiger partial charge in [0.05, 0.1) is 21.2 Å². The highest BCUT2D eigenvalue weighted by Crippen LogP contribution is 2.25. The first-order valence-electron chi connectivity index (χ1n) is 9.17. The lowest BCUT2D eigenvalue weighted by molar-refractivity contribution is 0.353. The van der Waals surface area contributed by atoms with Gasteiger partial charge in [-0.15, -0.1) is 11.3 Å². The van der Waals surface area contributed by atoms with Crippen LogP contribution in [0.5, 0.6) is 0 Å². The van der Waals surface area contributed by atoms with Crippen molar-refractivity contribution in [2.24, 2.45) is 4.99 Å². The second-order valence-corrected chi connectivity index (χ2v) is 12.0. The summed E-state index contributed by atoms with van der Waals surface area (Å²) in [6.45, 7) is 14.5. The van der Waals surface area contributed by atoms with Crippen LogP contribution in [0.2, 0.25) is 0 Å². The molecule has 2 rings (SSSR count). The monoisotopic (exact) mass is 400 g/mol. The average molecular weight is 401 g/mol. The number of sulfone groups is 1. The quantitative estimate of drug-likeness (QED) is 0.621. The van der Waals surface area contributed by atoms with Crippen LogP contribution in [0.25, 0.3) is 0 Å². The first-order valence-corrected chi connectivity index (χ1v) is 11.7. The van der Waals surface area contributed by atoms with Crippen molar-refractivity contribution in [2.75, 3.05) is 31.9 Å². The number of aliphatic imine (C=N–C) groups is 1. The standard InChI is InChI=1S/C18H32N4O2S2/c1-7-19-16(22-10-11-26(23,24)18(5,6)13-22)20-9-8-15-21-14(12-25-15)17(2,3)4/h12H,7-11,13H2,1-6H3,(H,19,20). The molecule has 0 radical (unpaired) electrons. The maximum absolute atomic E-state index is 12.2. The van der Waals surface area contributed by atoms with E-state index in [0.717, 1.165) is 29.6 Å². The van der Waals surface area contributed by atoms with Gasteiger partial charge in [0.2, 0.25) is 0 Å². The second kappa shape index (κ2) is 7.84. The maximum atomic E-state index is 12.2. The van der Waals surface area contributed by atoms with Gasteiger partial charge in [0.1, 0.15) is 0 Å². The van der Waals surface area contributed by atoms with E-state index in [4.69, 9.17) is 9.98 Å². The molecule has 0 unspecified atom stereocenters. The summed E-state index contributed by atoms with van der Waals surface area (Å²) in [7, 11) is -3.05. The molecular weight excluding hydrogens is 368 g/mol. The molecule has 1 saturated heterocycles.